The van der Waals surface area contributed by atoms with E-state index >= 15 is 0 Å². The van der Waals surface area contributed by atoms with Gasteiger partial charge >= 0.3 is 19.8 Å². The molecule has 0 radical (unpaired) electrons. The molecule has 0 aliphatic carbocycles. The first-order valence-electron chi connectivity index (χ1n) is 22.2. The molecule has 1 N–H and O–H groups in total. The molecule has 0 saturated carbocycles. The van der Waals surface area contributed by atoms with Crippen LogP contribution in [0.4, 0.5) is 0 Å². The molecule has 55 heavy (non-hydrogen) atoms. The molecule has 9 nitrogen and oxygen atoms in total. The molecule has 0 heterocycles. The molecule has 2 unspecified atom stereocenters. The Kier molecular flexibility index (Phi) is 36.6. The van der Waals surface area contributed by atoms with E-state index in [-0.39, 0.29) is 32.0 Å². The van der Waals surface area contributed by atoms with Gasteiger partial charge in [-0.25, -0.2) is 4.57 Å². The van der Waals surface area contributed by atoms with Crippen molar-refractivity contribution >= 4 is 19.8 Å². The van der Waals surface area contributed by atoms with Crippen molar-refractivity contribution in [3.8, 4) is 0 Å². The van der Waals surface area contributed by atoms with Crippen LogP contribution in [0.2, 0.25) is 0 Å². The zero-order valence-electron chi connectivity index (χ0n) is 36.2. The lowest BCUT2D eigenvalue weighted by atomic mass is 10.1. The normalized spacial score (nSPS) is 13.9. The Labute approximate surface area is 338 Å². The van der Waals surface area contributed by atoms with Crippen LogP contribution in [0.5, 0.6) is 0 Å². The quantitative estimate of drug-likeness (QED) is 0.0215. The predicted octanol–water partition coefficient (Wildman–Crippen LogP) is 12.5. The van der Waals surface area contributed by atoms with Gasteiger partial charge in [-0.05, 0) is 70.6 Å². The van der Waals surface area contributed by atoms with Crippen LogP contribution in [-0.4, -0.2) is 74.9 Å². The number of carbonyl (C=O) groups is 2. The minimum absolute atomic E-state index is 0.0273. The van der Waals surface area contributed by atoms with Gasteiger partial charge in [0.15, 0.2) is 6.10 Å². The lowest BCUT2D eigenvalue weighted by molar-refractivity contribution is -0.870. The Hall–Kier alpha value is -1.77. The molecule has 0 rings (SSSR count). The topological polar surface area (TPSA) is 108 Å². The molecule has 2 atom stereocenters. The maximum atomic E-state index is 12.7. The van der Waals surface area contributed by atoms with E-state index in [4.69, 9.17) is 18.5 Å². The molecule has 0 aromatic heterocycles. The molecular formula is C45H85NO8P+. The van der Waals surface area contributed by atoms with E-state index in [1.54, 1.807) is 0 Å². The third-order valence-electron chi connectivity index (χ3n) is 9.39. The second kappa shape index (κ2) is 37.8. The van der Waals surface area contributed by atoms with Gasteiger partial charge < -0.3 is 18.9 Å². The summed E-state index contributed by atoms with van der Waals surface area (Å²) < 4.78 is 34.3. The minimum atomic E-state index is -4.38. The van der Waals surface area contributed by atoms with Gasteiger partial charge in [0.05, 0.1) is 27.7 Å². The second-order valence-electron chi connectivity index (χ2n) is 16.1. The average molecular weight is 799 g/mol. The number of hydrogen-bond acceptors (Lipinski definition) is 7. The molecule has 0 aliphatic heterocycles. The van der Waals surface area contributed by atoms with Crippen molar-refractivity contribution in [2.24, 2.45) is 0 Å². The number of hydrogen-bond donors (Lipinski definition) is 1. The van der Waals surface area contributed by atoms with Gasteiger partial charge in [0.2, 0.25) is 0 Å². The van der Waals surface area contributed by atoms with Crippen molar-refractivity contribution in [1.82, 2.24) is 0 Å². The Balaban J connectivity index is 4.39. The molecule has 0 fully saturated rings. The molecule has 0 aliphatic rings. The van der Waals surface area contributed by atoms with Crippen LogP contribution in [0.25, 0.3) is 0 Å². The van der Waals surface area contributed by atoms with Gasteiger partial charge in [-0.2, -0.15) is 0 Å². The minimum Gasteiger partial charge on any atom is -0.462 e. The van der Waals surface area contributed by atoms with Crippen LogP contribution >= 0.6 is 7.82 Å². The highest BCUT2D eigenvalue weighted by Crippen LogP contribution is 2.43. The number of rotatable bonds is 40. The Morgan fingerprint density at radius 2 is 0.982 bits per heavy atom. The van der Waals surface area contributed by atoms with Gasteiger partial charge in [-0.3, -0.25) is 18.6 Å². The van der Waals surface area contributed by atoms with Crippen molar-refractivity contribution < 1.29 is 42.1 Å². The summed E-state index contributed by atoms with van der Waals surface area (Å²) in [5, 5.41) is 0. The summed E-state index contributed by atoms with van der Waals surface area (Å²) in [6.07, 6.45) is 41.8. The van der Waals surface area contributed by atoms with Crippen LogP contribution in [0, 0.1) is 0 Å². The number of nitrogens with zero attached hydrogens (tertiary/aromatic N) is 1. The van der Waals surface area contributed by atoms with Crippen molar-refractivity contribution in [3.63, 3.8) is 0 Å². The summed E-state index contributed by atoms with van der Waals surface area (Å²) in [6.45, 7) is 4.37. The number of ether oxygens (including phenoxy) is 2. The van der Waals surface area contributed by atoms with E-state index < -0.39 is 26.5 Å². The highest BCUT2D eigenvalue weighted by molar-refractivity contribution is 7.47. The first-order chi connectivity index (χ1) is 26.5. The zero-order valence-corrected chi connectivity index (χ0v) is 37.1. The number of esters is 2. The number of phosphoric acid groups is 1. The Morgan fingerprint density at radius 3 is 1.49 bits per heavy atom. The van der Waals surface area contributed by atoms with E-state index in [1.165, 1.54) is 77.0 Å². The van der Waals surface area contributed by atoms with Crippen molar-refractivity contribution in [2.45, 2.75) is 193 Å². The van der Waals surface area contributed by atoms with Gasteiger partial charge in [-0.1, -0.05) is 140 Å². The molecule has 0 aromatic carbocycles. The second-order valence-corrected chi connectivity index (χ2v) is 17.5. The monoisotopic (exact) mass is 799 g/mol. The van der Waals surface area contributed by atoms with Crippen LogP contribution in [0.3, 0.4) is 0 Å². The number of likely N-dealkylation sites (N-methyl/N-ethyl adjacent to an activating group) is 1. The fraction of sp³-hybridized carbons (Fsp3) is 0.822. The van der Waals surface area contributed by atoms with E-state index in [1.807, 2.05) is 21.1 Å². The fourth-order valence-electron chi connectivity index (χ4n) is 5.86. The smallest absolute Gasteiger partial charge is 0.462 e. The maximum absolute atomic E-state index is 12.7. The van der Waals surface area contributed by atoms with Crippen LogP contribution in [-0.2, 0) is 32.7 Å². The van der Waals surface area contributed by atoms with Gasteiger partial charge in [0.25, 0.3) is 0 Å². The van der Waals surface area contributed by atoms with Crippen LogP contribution in [0.15, 0.2) is 36.5 Å². The molecule has 10 heteroatoms. The lowest BCUT2D eigenvalue weighted by Gasteiger charge is -2.24. The van der Waals surface area contributed by atoms with Gasteiger partial charge in [-0.15, -0.1) is 0 Å². The van der Waals surface area contributed by atoms with E-state index in [9.17, 15) is 19.0 Å². The predicted molar refractivity (Wildman–Crippen MR) is 229 cm³/mol. The first-order valence-corrected chi connectivity index (χ1v) is 23.7. The molecule has 0 aromatic rings. The number of allylic oxidation sites excluding steroid dienone is 6. The maximum Gasteiger partial charge on any atom is 0.472 e. The summed E-state index contributed by atoms with van der Waals surface area (Å²) in [5.74, 6) is -0.823. The Bertz CT molecular complexity index is 1040. The molecule has 322 valence electrons. The van der Waals surface area contributed by atoms with Crippen molar-refractivity contribution in [1.29, 1.82) is 0 Å². The summed E-state index contributed by atoms with van der Waals surface area (Å²) in [4.78, 5) is 35.3. The lowest BCUT2D eigenvalue weighted by Crippen LogP contribution is -2.37. The highest BCUT2D eigenvalue weighted by atomic mass is 31.2. The highest BCUT2D eigenvalue weighted by Gasteiger charge is 2.27. The summed E-state index contributed by atoms with van der Waals surface area (Å²) in [7, 11) is 1.46. The van der Waals surface area contributed by atoms with E-state index in [2.05, 4.69) is 50.3 Å². The fourth-order valence-corrected chi connectivity index (χ4v) is 6.60. The standard InChI is InChI=1S/C45H84NO8P/c1-6-8-10-12-14-16-18-20-22-24-25-27-29-31-33-35-37-44(47)51-41-43(42-53-55(49,50)52-40-39-46(3,4)5)54-45(48)38-36-34-32-30-28-26-23-21-19-17-15-13-11-9-7-2/h15,17,21-24,43H,6-14,16,18-20,25-42H2,1-5H3/p+1/b17-15-,23-21-,24-22-. The number of phosphoric ester groups is 1. The Morgan fingerprint density at radius 1 is 0.564 bits per heavy atom. The molecule has 0 spiro atoms. The largest absolute Gasteiger partial charge is 0.472 e. The zero-order chi connectivity index (χ0) is 40.7. The van der Waals surface area contributed by atoms with Crippen LogP contribution < -0.4 is 0 Å². The summed E-state index contributed by atoms with van der Waals surface area (Å²) in [5.41, 5.74) is 0. The van der Waals surface area contributed by atoms with Gasteiger partial charge in [0.1, 0.15) is 19.8 Å². The summed E-state index contributed by atoms with van der Waals surface area (Å²) in [6, 6.07) is 0. The number of quaternary nitrogens is 1. The van der Waals surface area contributed by atoms with Crippen molar-refractivity contribution in [2.75, 3.05) is 47.5 Å². The number of unbranched alkanes of at least 4 members (excludes halogenated alkanes) is 20. The number of carbonyl (C=O) groups excluding carboxylic acids is 2. The van der Waals surface area contributed by atoms with Crippen molar-refractivity contribution in [3.05, 3.63) is 36.5 Å². The SMILES string of the molecule is CCCCC/C=C\C/C=C\CCCCCCCC(=O)OC(COC(=O)CCCCCCC/C=C\CCCCCCCCC)COP(=O)(O)OCC[N+](C)(C)C. The molecule has 0 saturated heterocycles. The third kappa shape index (κ3) is 41.7. The van der Waals surface area contributed by atoms with E-state index in [0.29, 0.717) is 17.4 Å². The average Bonchev–Trinajstić information content (AvgIpc) is 3.13. The summed E-state index contributed by atoms with van der Waals surface area (Å²) >= 11 is 0. The van der Waals surface area contributed by atoms with Crippen LogP contribution in [0.1, 0.15) is 187 Å². The molecule has 0 bridgehead atoms. The van der Waals surface area contributed by atoms with E-state index in [0.717, 1.165) is 77.0 Å². The van der Waals surface area contributed by atoms with Gasteiger partial charge in [0, 0.05) is 12.8 Å². The first kappa shape index (κ1) is 53.2. The molecule has 0 amide bonds. The third-order valence-corrected chi connectivity index (χ3v) is 10.4. The molecular weight excluding hydrogens is 713 g/mol.